The number of halogens is 4. The number of carbonyl (C=O) groups is 2. The number of methoxy groups -OCH3 is 2. The minimum absolute atomic E-state index is 0.00180. The molecule has 2 atom stereocenters. The van der Waals surface area contributed by atoms with E-state index in [4.69, 9.17) is 9.47 Å². The van der Waals surface area contributed by atoms with Crippen LogP contribution in [0.1, 0.15) is 51.5 Å². The molecule has 1 fully saturated rings. The molecule has 236 valence electrons. The highest BCUT2D eigenvalue weighted by molar-refractivity contribution is 5.98. The number of nitrogens with zero attached hydrogens (tertiary/aromatic N) is 1. The molecule has 0 saturated carbocycles. The van der Waals surface area contributed by atoms with Crippen LogP contribution in [0.4, 0.5) is 28.9 Å². The summed E-state index contributed by atoms with van der Waals surface area (Å²) in [7, 11) is 3.18. The Bertz CT molecular complexity index is 1440. The molecular formula is C33H37F4N3O4. The van der Waals surface area contributed by atoms with Crippen LogP contribution in [-0.2, 0) is 20.4 Å². The summed E-state index contributed by atoms with van der Waals surface area (Å²) in [5, 5.41) is 5.97. The second-order valence-electron chi connectivity index (χ2n) is 11.0. The second-order valence-corrected chi connectivity index (χ2v) is 11.0. The standard InChI is InChI=1S/C33H37F4N3O4/c1-20-10-13-24(17-27(20)33(35,36)37)39-31(41)26-8-6-16-40(32(42)29-21(2)7-5-9-28(29)34)30(26)22-11-14-23(15-12-22)38-25(18-43-3)19-44-4/h5,7,9-15,17,25-26,30,38H,6,8,16,18-19H2,1-4H3,(H,39,41)/t26-,30-/m0/s1. The van der Waals surface area contributed by atoms with Crippen molar-refractivity contribution < 1.29 is 36.6 Å². The summed E-state index contributed by atoms with van der Waals surface area (Å²) in [6.07, 6.45) is -3.76. The molecule has 3 aromatic carbocycles. The normalized spacial score (nSPS) is 17.1. The van der Waals surface area contributed by atoms with Crippen LogP contribution in [0, 0.1) is 25.6 Å². The van der Waals surface area contributed by atoms with Crippen LogP contribution in [0.15, 0.2) is 60.7 Å². The van der Waals surface area contributed by atoms with Gasteiger partial charge < -0.3 is 25.0 Å². The van der Waals surface area contributed by atoms with Crippen molar-refractivity contribution in [2.45, 2.75) is 44.9 Å². The smallest absolute Gasteiger partial charge is 0.382 e. The van der Waals surface area contributed by atoms with E-state index >= 15 is 0 Å². The molecule has 2 N–H and O–H groups in total. The van der Waals surface area contributed by atoms with Gasteiger partial charge in [0.25, 0.3) is 5.91 Å². The first kappa shape index (κ1) is 32.9. The third-order valence-electron chi connectivity index (χ3n) is 7.83. The van der Waals surface area contributed by atoms with Gasteiger partial charge in [0.1, 0.15) is 5.82 Å². The third-order valence-corrected chi connectivity index (χ3v) is 7.83. The van der Waals surface area contributed by atoms with Gasteiger partial charge in [-0.1, -0.05) is 30.3 Å². The lowest BCUT2D eigenvalue weighted by Gasteiger charge is -2.41. The Morgan fingerprint density at radius 3 is 2.23 bits per heavy atom. The van der Waals surface area contributed by atoms with Crippen molar-refractivity contribution in [1.82, 2.24) is 4.90 Å². The van der Waals surface area contributed by atoms with Crippen LogP contribution in [-0.4, -0.2) is 56.7 Å². The van der Waals surface area contributed by atoms with Gasteiger partial charge in [0, 0.05) is 32.1 Å². The molecule has 0 spiro atoms. The topological polar surface area (TPSA) is 79.9 Å². The average molecular weight is 616 g/mol. The summed E-state index contributed by atoms with van der Waals surface area (Å²) < 4.78 is 66.1. The number of ether oxygens (including phenoxy) is 2. The number of alkyl halides is 3. The maximum absolute atomic E-state index is 14.9. The second kappa shape index (κ2) is 14.2. The number of hydrogen-bond donors (Lipinski definition) is 2. The molecule has 1 aliphatic heterocycles. The van der Waals surface area contributed by atoms with Gasteiger partial charge in [0.05, 0.1) is 42.3 Å². The van der Waals surface area contributed by atoms with Gasteiger partial charge in [-0.05, 0) is 73.7 Å². The Balaban J connectivity index is 1.70. The summed E-state index contributed by atoms with van der Waals surface area (Å²) >= 11 is 0. The predicted octanol–water partition coefficient (Wildman–Crippen LogP) is 6.77. The molecule has 1 aliphatic rings. The fourth-order valence-electron chi connectivity index (χ4n) is 5.74. The zero-order valence-electron chi connectivity index (χ0n) is 25.1. The molecular weight excluding hydrogens is 578 g/mol. The van der Waals surface area contributed by atoms with Gasteiger partial charge in [-0.3, -0.25) is 9.59 Å². The zero-order valence-corrected chi connectivity index (χ0v) is 25.1. The SMILES string of the molecule is COCC(COC)Nc1ccc([C@H]2[C@@H](C(=O)Nc3ccc(C)c(C(F)(F)F)c3)CCCN2C(=O)c2c(C)cccc2F)cc1. The number of benzene rings is 3. The highest BCUT2D eigenvalue weighted by Gasteiger charge is 2.41. The van der Waals surface area contributed by atoms with E-state index in [-0.39, 0.29) is 29.4 Å². The third kappa shape index (κ3) is 7.57. The monoisotopic (exact) mass is 615 g/mol. The predicted molar refractivity (Wildman–Crippen MR) is 160 cm³/mol. The van der Waals surface area contributed by atoms with E-state index in [1.54, 1.807) is 39.3 Å². The molecule has 0 radical (unpaired) electrons. The van der Waals surface area contributed by atoms with Crippen molar-refractivity contribution in [3.63, 3.8) is 0 Å². The highest BCUT2D eigenvalue weighted by Crippen LogP contribution is 2.39. The summed E-state index contributed by atoms with van der Waals surface area (Å²) in [4.78, 5) is 29.1. The number of likely N-dealkylation sites (tertiary alicyclic amines) is 1. The van der Waals surface area contributed by atoms with Crippen LogP contribution in [0.25, 0.3) is 0 Å². The number of aryl methyl sites for hydroxylation is 2. The van der Waals surface area contributed by atoms with E-state index in [0.29, 0.717) is 37.2 Å². The van der Waals surface area contributed by atoms with Gasteiger partial charge in [0.15, 0.2) is 0 Å². The van der Waals surface area contributed by atoms with Gasteiger partial charge in [0.2, 0.25) is 5.91 Å². The van der Waals surface area contributed by atoms with Gasteiger partial charge >= 0.3 is 6.18 Å². The first-order valence-corrected chi connectivity index (χ1v) is 14.3. The summed E-state index contributed by atoms with van der Waals surface area (Å²) in [6, 6.07) is 14.3. The lowest BCUT2D eigenvalue weighted by Crippen LogP contribution is -2.46. The van der Waals surface area contributed by atoms with Crippen molar-refractivity contribution in [2.24, 2.45) is 5.92 Å². The Labute approximate surface area is 254 Å². The van der Waals surface area contributed by atoms with Gasteiger partial charge in [-0.15, -0.1) is 0 Å². The number of anilines is 2. The van der Waals surface area contributed by atoms with E-state index in [1.165, 1.54) is 36.1 Å². The first-order valence-electron chi connectivity index (χ1n) is 14.3. The first-order chi connectivity index (χ1) is 20.9. The molecule has 3 aromatic rings. The molecule has 0 aliphatic carbocycles. The summed E-state index contributed by atoms with van der Waals surface area (Å²) in [5.74, 6) is -2.57. The molecule has 0 bridgehead atoms. The van der Waals surface area contributed by atoms with E-state index in [0.717, 1.165) is 11.8 Å². The number of amides is 2. The summed E-state index contributed by atoms with van der Waals surface area (Å²) in [6.45, 7) is 4.07. The molecule has 4 rings (SSSR count). The van der Waals surface area contributed by atoms with Crippen LogP contribution >= 0.6 is 0 Å². The van der Waals surface area contributed by atoms with Crippen molar-refractivity contribution in [3.05, 3.63) is 94.3 Å². The number of hydrogen-bond acceptors (Lipinski definition) is 5. The maximum Gasteiger partial charge on any atom is 0.416 e. The van der Waals surface area contributed by atoms with Crippen molar-refractivity contribution in [2.75, 3.05) is 44.6 Å². The Kier molecular flexibility index (Phi) is 10.6. The number of nitrogens with one attached hydrogen (secondary N) is 2. The van der Waals surface area contributed by atoms with E-state index < -0.39 is 41.3 Å². The van der Waals surface area contributed by atoms with Gasteiger partial charge in [-0.25, -0.2) is 4.39 Å². The van der Waals surface area contributed by atoms with Crippen molar-refractivity contribution in [1.29, 1.82) is 0 Å². The van der Waals surface area contributed by atoms with E-state index in [1.807, 2.05) is 12.1 Å². The summed E-state index contributed by atoms with van der Waals surface area (Å²) in [5.41, 5.74) is 0.968. The molecule has 1 heterocycles. The molecule has 44 heavy (non-hydrogen) atoms. The molecule has 0 unspecified atom stereocenters. The number of piperidine rings is 1. The largest absolute Gasteiger partial charge is 0.416 e. The zero-order chi connectivity index (χ0) is 32.0. The number of carbonyl (C=O) groups excluding carboxylic acids is 2. The van der Waals surface area contributed by atoms with E-state index in [9.17, 15) is 27.2 Å². The minimum Gasteiger partial charge on any atom is -0.382 e. The Hall–Kier alpha value is -3.96. The molecule has 1 saturated heterocycles. The molecule has 2 amide bonds. The van der Waals surface area contributed by atoms with Crippen LogP contribution in [0.3, 0.4) is 0 Å². The average Bonchev–Trinajstić information content (AvgIpc) is 2.97. The number of rotatable bonds is 10. The fourth-order valence-corrected chi connectivity index (χ4v) is 5.74. The molecule has 7 nitrogen and oxygen atoms in total. The lowest BCUT2D eigenvalue weighted by molar-refractivity contribution is -0.138. The highest BCUT2D eigenvalue weighted by atomic mass is 19.4. The minimum atomic E-state index is -4.58. The fraction of sp³-hybridized carbons (Fsp3) is 0.394. The van der Waals surface area contributed by atoms with Crippen molar-refractivity contribution >= 4 is 23.2 Å². The quantitative estimate of drug-likeness (QED) is 0.246. The van der Waals surface area contributed by atoms with Crippen LogP contribution < -0.4 is 10.6 Å². The van der Waals surface area contributed by atoms with E-state index in [2.05, 4.69) is 10.6 Å². The Morgan fingerprint density at radius 1 is 0.955 bits per heavy atom. The van der Waals surface area contributed by atoms with Crippen LogP contribution in [0.2, 0.25) is 0 Å². The van der Waals surface area contributed by atoms with Gasteiger partial charge in [-0.2, -0.15) is 13.2 Å². The molecule has 11 heteroatoms. The molecule has 0 aromatic heterocycles. The Morgan fingerprint density at radius 2 is 1.61 bits per heavy atom. The lowest BCUT2D eigenvalue weighted by atomic mass is 9.83. The van der Waals surface area contributed by atoms with Crippen molar-refractivity contribution in [3.8, 4) is 0 Å². The maximum atomic E-state index is 14.9. The van der Waals surface area contributed by atoms with Crippen LogP contribution in [0.5, 0.6) is 0 Å².